The predicted octanol–water partition coefficient (Wildman–Crippen LogP) is 1.89. The number of rotatable bonds is 2. The van der Waals surface area contributed by atoms with E-state index >= 15 is 0 Å². The van der Waals surface area contributed by atoms with Crippen LogP contribution in [0.25, 0.3) is 0 Å². The van der Waals surface area contributed by atoms with E-state index in [4.69, 9.17) is 0 Å². The number of carbonyl (C=O) groups excluding carboxylic acids is 1. The molecular weight excluding hydrogens is 251 g/mol. The topological polar surface area (TPSA) is 23.6 Å². The Bertz CT molecular complexity index is 464. The van der Waals surface area contributed by atoms with Gasteiger partial charge >= 0.3 is 0 Å². The molecular formula is C13H17FN2OS. The molecule has 3 nitrogen and oxygen atoms in total. The lowest BCUT2D eigenvalue weighted by Crippen LogP contribution is -2.34. The molecule has 1 aliphatic heterocycles. The number of halogens is 1. The van der Waals surface area contributed by atoms with Crippen LogP contribution in [0.2, 0.25) is 0 Å². The highest BCUT2D eigenvalue weighted by molar-refractivity contribution is 7.80. The molecule has 1 unspecified atom stereocenters. The molecule has 2 rings (SSSR count). The monoisotopic (exact) mass is 268 g/mol. The van der Waals surface area contributed by atoms with Gasteiger partial charge in [0.15, 0.2) is 0 Å². The van der Waals surface area contributed by atoms with Crippen LogP contribution in [0.1, 0.15) is 16.8 Å². The van der Waals surface area contributed by atoms with Crippen LogP contribution >= 0.6 is 12.6 Å². The lowest BCUT2D eigenvalue weighted by Gasteiger charge is -2.20. The van der Waals surface area contributed by atoms with Crippen molar-refractivity contribution in [2.45, 2.75) is 17.4 Å². The molecule has 18 heavy (non-hydrogen) atoms. The van der Waals surface area contributed by atoms with Crippen LogP contribution in [0, 0.1) is 5.82 Å². The Morgan fingerprint density at radius 3 is 2.83 bits per heavy atom. The molecule has 0 aromatic heterocycles. The minimum Gasteiger partial charge on any atom is -0.337 e. The van der Waals surface area contributed by atoms with E-state index in [0.29, 0.717) is 24.0 Å². The summed E-state index contributed by atoms with van der Waals surface area (Å²) in [6.45, 7) is 1.33. The molecule has 0 radical (unpaired) electrons. The molecule has 0 saturated carbocycles. The number of likely N-dealkylation sites (N-methyl/N-ethyl adjacent to an activating group) is 1. The number of carbonyl (C=O) groups is 1. The van der Waals surface area contributed by atoms with E-state index < -0.39 is 5.82 Å². The number of thiol groups is 1. The van der Waals surface area contributed by atoms with Gasteiger partial charge < -0.3 is 9.80 Å². The van der Waals surface area contributed by atoms with Crippen LogP contribution in [0.3, 0.4) is 0 Å². The fourth-order valence-corrected chi connectivity index (χ4v) is 2.40. The quantitative estimate of drug-likeness (QED) is 0.828. The van der Waals surface area contributed by atoms with Gasteiger partial charge in [0.1, 0.15) is 5.82 Å². The lowest BCUT2D eigenvalue weighted by molar-refractivity contribution is 0.0778. The van der Waals surface area contributed by atoms with E-state index in [1.807, 2.05) is 14.1 Å². The Hall–Kier alpha value is -1.07. The van der Waals surface area contributed by atoms with Crippen LogP contribution in [0.4, 0.5) is 4.39 Å². The Morgan fingerprint density at radius 2 is 2.22 bits per heavy atom. The van der Waals surface area contributed by atoms with E-state index in [9.17, 15) is 9.18 Å². The zero-order chi connectivity index (χ0) is 13.3. The zero-order valence-corrected chi connectivity index (χ0v) is 11.5. The molecule has 1 fully saturated rings. The van der Waals surface area contributed by atoms with Crippen molar-refractivity contribution in [1.82, 2.24) is 9.80 Å². The number of nitrogens with zero attached hydrogens (tertiary/aromatic N) is 2. The highest BCUT2D eigenvalue weighted by Gasteiger charge is 2.29. The Morgan fingerprint density at radius 1 is 1.50 bits per heavy atom. The van der Waals surface area contributed by atoms with Gasteiger partial charge in [-0.05, 0) is 38.7 Å². The molecule has 0 bridgehead atoms. The number of amides is 1. The Labute approximate surface area is 112 Å². The first-order valence-electron chi connectivity index (χ1n) is 5.93. The van der Waals surface area contributed by atoms with E-state index in [0.717, 1.165) is 6.42 Å². The third-order valence-electron chi connectivity index (χ3n) is 3.36. The largest absolute Gasteiger partial charge is 0.337 e. The van der Waals surface area contributed by atoms with E-state index in [1.54, 1.807) is 11.0 Å². The van der Waals surface area contributed by atoms with Crippen LogP contribution in [-0.2, 0) is 0 Å². The smallest absolute Gasteiger partial charge is 0.256 e. The van der Waals surface area contributed by atoms with Crippen molar-refractivity contribution in [3.05, 3.63) is 29.6 Å². The van der Waals surface area contributed by atoms with Gasteiger partial charge in [-0.25, -0.2) is 4.39 Å². The van der Waals surface area contributed by atoms with Gasteiger partial charge in [0.2, 0.25) is 0 Å². The maximum Gasteiger partial charge on any atom is 0.256 e. The van der Waals surface area contributed by atoms with Gasteiger partial charge in [-0.15, -0.1) is 12.6 Å². The van der Waals surface area contributed by atoms with Crippen LogP contribution < -0.4 is 0 Å². The number of hydrogen-bond acceptors (Lipinski definition) is 3. The maximum atomic E-state index is 13.6. The molecule has 1 heterocycles. The van der Waals surface area contributed by atoms with Gasteiger partial charge in [-0.3, -0.25) is 4.79 Å². The fourth-order valence-electron chi connectivity index (χ4n) is 2.20. The predicted molar refractivity (Wildman–Crippen MR) is 71.6 cm³/mol. The highest BCUT2D eigenvalue weighted by atomic mass is 32.1. The molecule has 0 aliphatic carbocycles. The minimum atomic E-state index is -0.480. The Balaban J connectivity index is 2.15. The van der Waals surface area contributed by atoms with Crippen molar-refractivity contribution in [3.63, 3.8) is 0 Å². The highest BCUT2D eigenvalue weighted by Crippen LogP contribution is 2.20. The molecule has 1 aromatic carbocycles. The molecule has 1 aromatic rings. The van der Waals surface area contributed by atoms with Crippen molar-refractivity contribution in [3.8, 4) is 0 Å². The van der Waals surface area contributed by atoms with Crippen molar-refractivity contribution in [2.75, 3.05) is 27.2 Å². The average molecular weight is 268 g/mol. The summed E-state index contributed by atoms with van der Waals surface area (Å²) >= 11 is 4.14. The lowest BCUT2D eigenvalue weighted by atomic mass is 10.2. The molecule has 0 N–H and O–H groups in total. The summed E-state index contributed by atoms with van der Waals surface area (Å²) in [6.07, 6.45) is 0.931. The summed E-state index contributed by atoms with van der Waals surface area (Å²) in [5, 5.41) is 0. The second-order valence-electron chi connectivity index (χ2n) is 4.82. The van der Waals surface area contributed by atoms with E-state index in [-0.39, 0.29) is 11.5 Å². The first-order valence-corrected chi connectivity index (χ1v) is 6.38. The normalized spacial score (nSPS) is 19.6. The fraction of sp³-hybridized carbons (Fsp3) is 0.462. The summed E-state index contributed by atoms with van der Waals surface area (Å²) in [5.41, 5.74) is 0.113. The van der Waals surface area contributed by atoms with E-state index in [2.05, 4.69) is 17.5 Å². The van der Waals surface area contributed by atoms with Gasteiger partial charge in [0, 0.05) is 24.0 Å². The summed E-state index contributed by atoms with van der Waals surface area (Å²) in [4.78, 5) is 16.6. The second kappa shape index (κ2) is 5.28. The molecule has 1 atom stereocenters. The van der Waals surface area contributed by atoms with Crippen LogP contribution in [0.5, 0.6) is 0 Å². The van der Waals surface area contributed by atoms with Gasteiger partial charge in [0.05, 0.1) is 5.56 Å². The molecule has 98 valence electrons. The zero-order valence-electron chi connectivity index (χ0n) is 10.6. The number of hydrogen-bond donors (Lipinski definition) is 1. The van der Waals surface area contributed by atoms with Crippen molar-refractivity contribution in [1.29, 1.82) is 0 Å². The molecule has 1 amide bonds. The molecule has 5 heteroatoms. The van der Waals surface area contributed by atoms with Crippen LogP contribution in [0.15, 0.2) is 23.1 Å². The van der Waals surface area contributed by atoms with Gasteiger partial charge in [-0.2, -0.15) is 0 Å². The molecule has 1 aliphatic rings. The molecule has 0 spiro atoms. The first kappa shape index (κ1) is 13.4. The standard InChI is InChI=1S/C13H17FN2OS/c1-15(2)9-5-6-16(8-9)13(17)11-7-10(18)3-4-12(11)14/h3-4,7,9,18H,5-6,8H2,1-2H3. The summed E-state index contributed by atoms with van der Waals surface area (Å²) in [5.74, 6) is -0.723. The average Bonchev–Trinajstić information content (AvgIpc) is 2.81. The number of benzene rings is 1. The number of likely N-dealkylation sites (tertiary alicyclic amines) is 1. The van der Waals surface area contributed by atoms with Crippen molar-refractivity contribution in [2.24, 2.45) is 0 Å². The summed E-state index contributed by atoms with van der Waals surface area (Å²) in [6, 6.07) is 4.68. The Kier molecular flexibility index (Phi) is 3.92. The van der Waals surface area contributed by atoms with Gasteiger partial charge in [0.25, 0.3) is 5.91 Å². The minimum absolute atomic E-state index is 0.113. The summed E-state index contributed by atoms with van der Waals surface area (Å²) < 4.78 is 13.6. The van der Waals surface area contributed by atoms with Crippen molar-refractivity contribution >= 4 is 18.5 Å². The SMILES string of the molecule is CN(C)C1CCN(C(=O)c2cc(S)ccc2F)C1. The molecule has 1 saturated heterocycles. The summed E-state index contributed by atoms with van der Waals surface area (Å²) in [7, 11) is 3.99. The third-order valence-corrected chi connectivity index (χ3v) is 3.64. The maximum absolute atomic E-state index is 13.6. The van der Waals surface area contributed by atoms with Crippen LogP contribution in [-0.4, -0.2) is 48.9 Å². The first-order chi connectivity index (χ1) is 8.49. The second-order valence-corrected chi connectivity index (χ2v) is 5.34. The third kappa shape index (κ3) is 2.67. The van der Waals surface area contributed by atoms with Gasteiger partial charge in [-0.1, -0.05) is 0 Å². The van der Waals surface area contributed by atoms with E-state index in [1.165, 1.54) is 12.1 Å². The van der Waals surface area contributed by atoms with Crippen molar-refractivity contribution < 1.29 is 9.18 Å².